The average Bonchev–Trinajstić information content (AvgIpc) is 2.15. The molecule has 1 amide bonds. The predicted octanol–water partition coefficient (Wildman–Crippen LogP) is 1.27. The first-order valence-electron chi connectivity index (χ1n) is 3.79. The van der Waals surface area contributed by atoms with Gasteiger partial charge in [-0.15, -0.1) is 0 Å². The van der Waals surface area contributed by atoms with Crippen molar-refractivity contribution in [3.05, 3.63) is 23.3 Å². The van der Waals surface area contributed by atoms with E-state index in [1.807, 2.05) is 0 Å². The number of ether oxygens (including phenoxy) is 1. The fourth-order valence-corrected chi connectivity index (χ4v) is 1.02. The van der Waals surface area contributed by atoms with Gasteiger partial charge < -0.3 is 10.5 Å². The highest BCUT2D eigenvalue weighted by molar-refractivity contribution is 5.95. The van der Waals surface area contributed by atoms with E-state index < -0.39 is 29.4 Å². The van der Waals surface area contributed by atoms with E-state index in [2.05, 4.69) is 9.72 Å². The van der Waals surface area contributed by atoms with Crippen molar-refractivity contribution in [3.63, 3.8) is 0 Å². The van der Waals surface area contributed by atoms with Crippen LogP contribution in [0.3, 0.4) is 0 Å². The summed E-state index contributed by atoms with van der Waals surface area (Å²) in [6, 6.07) is 0. The summed E-state index contributed by atoms with van der Waals surface area (Å²) in [7, 11) is 1.14. The summed E-state index contributed by atoms with van der Waals surface area (Å²) in [5.74, 6) is -2.91. The van der Waals surface area contributed by atoms with Crippen LogP contribution >= 0.6 is 0 Å². The smallest absolute Gasteiger partial charge is 0.283 e. The number of nitrogens with two attached hydrogens (primary N) is 1. The first-order valence-corrected chi connectivity index (χ1v) is 3.79. The average molecular weight is 220 g/mol. The maximum atomic E-state index is 13.3. The number of halogens is 3. The van der Waals surface area contributed by atoms with Crippen molar-refractivity contribution < 1.29 is 22.7 Å². The molecular weight excluding hydrogens is 213 g/mol. The van der Waals surface area contributed by atoms with Crippen LogP contribution in [0.1, 0.15) is 22.5 Å². The largest absolute Gasteiger partial charge is 0.494 e. The first-order chi connectivity index (χ1) is 6.99. The van der Waals surface area contributed by atoms with Gasteiger partial charge in [-0.1, -0.05) is 0 Å². The molecule has 0 unspecified atom stereocenters. The van der Waals surface area contributed by atoms with E-state index in [4.69, 9.17) is 5.73 Å². The highest BCUT2D eigenvalue weighted by atomic mass is 19.3. The van der Waals surface area contributed by atoms with E-state index in [1.165, 1.54) is 0 Å². The maximum Gasteiger partial charge on any atom is 0.283 e. The summed E-state index contributed by atoms with van der Waals surface area (Å²) in [6.07, 6.45) is -2.29. The molecule has 2 N–H and O–H groups in total. The number of carbonyl (C=O) groups is 1. The Morgan fingerprint density at radius 3 is 2.60 bits per heavy atom. The number of hydrogen-bond acceptors (Lipinski definition) is 3. The Morgan fingerprint density at radius 2 is 2.20 bits per heavy atom. The molecule has 0 saturated carbocycles. The van der Waals surface area contributed by atoms with Crippen molar-refractivity contribution in [3.8, 4) is 5.75 Å². The fourth-order valence-electron chi connectivity index (χ4n) is 1.02. The standard InChI is InChI=1S/C8H7F3N2O2/c1-15-3-2-13-6(7(10)11)5(9)4(3)8(12)14/h2,7H,1H3,(H2,12,14). The van der Waals surface area contributed by atoms with E-state index in [-0.39, 0.29) is 5.75 Å². The predicted molar refractivity (Wildman–Crippen MR) is 44.2 cm³/mol. The van der Waals surface area contributed by atoms with Gasteiger partial charge in [0.15, 0.2) is 11.6 Å². The molecule has 1 rings (SSSR count). The quantitative estimate of drug-likeness (QED) is 0.834. The van der Waals surface area contributed by atoms with Gasteiger partial charge in [-0.25, -0.2) is 18.2 Å². The van der Waals surface area contributed by atoms with E-state index in [0.29, 0.717) is 0 Å². The number of nitrogens with zero attached hydrogens (tertiary/aromatic N) is 1. The third-order valence-electron chi connectivity index (χ3n) is 1.68. The molecule has 0 spiro atoms. The third kappa shape index (κ3) is 2.00. The minimum atomic E-state index is -3.12. The maximum absolute atomic E-state index is 13.3. The lowest BCUT2D eigenvalue weighted by Crippen LogP contribution is -2.17. The molecule has 0 atom stereocenters. The molecule has 1 aromatic rings. The summed E-state index contributed by atoms with van der Waals surface area (Å²) in [6.45, 7) is 0. The van der Waals surface area contributed by atoms with Crippen molar-refractivity contribution in [1.29, 1.82) is 0 Å². The first kappa shape index (κ1) is 11.3. The van der Waals surface area contributed by atoms with Gasteiger partial charge >= 0.3 is 0 Å². The van der Waals surface area contributed by atoms with Crippen LogP contribution in [0, 0.1) is 5.82 Å². The molecular formula is C8H7F3N2O2. The lowest BCUT2D eigenvalue weighted by Gasteiger charge is -2.08. The second-order valence-electron chi connectivity index (χ2n) is 2.57. The highest BCUT2D eigenvalue weighted by Gasteiger charge is 2.24. The number of methoxy groups -OCH3 is 1. The molecule has 0 saturated heterocycles. The van der Waals surface area contributed by atoms with Crippen LogP contribution in [0.25, 0.3) is 0 Å². The minimum absolute atomic E-state index is 0.274. The summed E-state index contributed by atoms with van der Waals surface area (Å²) in [5, 5.41) is 0. The summed E-state index contributed by atoms with van der Waals surface area (Å²) in [5.41, 5.74) is 2.99. The van der Waals surface area contributed by atoms with Crippen LogP contribution in [0.5, 0.6) is 5.75 Å². The summed E-state index contributed by atoms with van der Waals surface area (Å²) in [4.78, 5) is 13.9. The topological polar surface area (TPSA) is 65.2 Å². The Kier molecular flexibility index (Phi) is 3.13. The van der Waals surface area contributed by atoms with Gasteiger partial charge in [0, 0.05) is 0 Å². The van der Waals surface area contributed by atoms with Gasteiger partial charge in [0.25, 0.3) is 12.3 Å². The molecule has 0 aromatic carbocycles. The number of rotatable bonds is 3. The summed E-state index contributed by atoms with van der Waals surface area (Å²) < 4.78 is 42.3. The van der Waals surface area contributed by atoms with Gasteiger partial charge in [-0.2, -0.15) is 0 Å². The van der Waals surface area contributed by atoms with Crippen molar-refractivity contribution in [2.24, 2.45) is 5.73 Å². The van der Waals surface area contributed by atoms with Crippen molar-refractivity contribution in [2.75, 3.05) is 7.11 Å². The molecule has 15 heavy (non-hydrogen) atoms. The Hall–Kier alpha value is -1.79. The third-order valence-corrected chi connectivity index (χ3v) is 1.68. The zero-order valence-electron chi connectivity index (χ0n) is 7.63. The van der Waals surface area contributed by atoms with Crippen molar-refractivity contribution in [1.82, 2.24) is 4.98 Å². The molecule has 7 heteroatoms. The van der Waals surface area contributed by atoms with E-state index in [1.54, 1.807) is 0 Å². The minimum Gasteiger partial charge on any atom is -0.494 e. The van der Waals surface area contributed by atoms with Crippen molar-refractivity contribution in [2.45, 2.75) is 6.43 Å². The molecule has 4 nitrogen and oxygen atoms in total. The van der Waals surface area contributed by atoms with Gasteiger partial charge in [0.05, 0.1) is 13.3 Å². The Bertz CT molecular complexity index is 396. The normalized spacial score (nSPS) is 10.5. The van der Waals surface area contributed by atoms with Crippen LogP contribution < -0.4 is 10.5 Å². The molecule has 0 bridgehead atoms. The van der Waals surface area contributed by atoms with Crippen LogP contribution in [-0.2, 0) is 0 Å². The number of amides is 1. The lowest BCUT2D eigenvalue weighted by molar-refractivity contribution is 0.0990. The van der Waals surface area contributed by atoms with E-state index in [0.717, 1.165) is 13.3 Å². The molecule has 0 aliphatic carbocycles. The fraction of sp³-hybridized carbons (Fsp3) is 0.250. The number of primary amides is 1. The van der Waals surface area contributed by atoms with Crippen LogP contribution in [0.2, 0.25) is 0 Å². The zero-order chi connectivity index (χ0) is 11.6. The number of pyridine rings is 1. The zero-order valence-corrected chi connectivity index (χ0v) is 7.63. The van der Waals surface area contributed by atoms with Crippen molar-refractivity contribution >= 4 is 5.91 Å². The number of carbonyl (C=O) groups excluding carboxylic acids is 1. The van der Waals surface area contributed by atoms with Crippen LogP contribution in [0.15, 0.2) is 6.20 Å². The molecule has 82 valence electrons. The molecule has 1 aromatic heterocycles. The number of aromatic nitrogens is 1. The van der Waals surface area contributed by atoms with Gasteiger partial charge in [0.2, 0.25) is 0 Å². The summed E-state index contributed by atoms with van der Waals surface area (Å²) >= 11 is 0. The van der Waals surface area contributed by atoms with Crippen LogP contribution in [0.4, 0.5) is 13.2 Å². The van der Waals surface area contributed by atoms with Crippen LogP contribution in [-0.4, -0.2) is 18.0 Å². The van der Waals surface area contributed by atoms with Gasteiger partial charge in [-0.3, -0.25) is 4.79 Å². The molecule has 0 fully saturated rings. The number of alkyl halides is 2. The Balaban J connectivity index is 3.42. The molecule has 1 heterocycles. The van der Waals surface area contributed by atoms with Gasteiger partial charge in [-0.05, 0) is 0 Å². The lowest BCUT2D eigenvalue weighted by atomic mass is 10.2. The Labute approximate surface area is 82.9 Å². The second-order valence-corrected chi connectivity index (χ2v) is 2.57. The monoisotopic (exact) mass is 220 g/mol. The van der Waals surface area contributed by atoms with Gasteiger partial charge in [0.1, 0.15) is 11.3 Å². The second kappa shape index (κ2) is 4.16. The van der Waals surface area contributed by atoms with E-state index in [9.17, 15) is 18.0 Å². The molecule has 0 radical (unpaired) electrons. The highest BCUT2D eigenvalue weighted by Crippen LogP contribution is 2.27. The molecule has 0 aliphatic rings. The van der Waals surface area contributed by atoms with E-state index >= 15 is 0 Å². The Morgan fingerprint density at radius 1 is 1.60 bits per heavy atom. The molecule has 0 aliphatic heterocycles. The number of hydrogen-bond donors (Lipinski definition) is 1. The SMILES string of the molecule is COc1cnc(C(F)F)c(F)c1C(N)=O.